The first-order chi connectivity index (χ1) is 8.06. The van der Waals surface area contributed by atoms with Gasteiger partial charge in [-0.25, -0.2) is 0 Å². The van der Waals surface area contributed by atoms with Crippen LogP contribution in [-0.2, 0) is 7.05 Å². The van der Waals surface area contributed by atoms with E-state index >= 15 is 0 Å². The van der Waals surface area contributed by atoms with E-state index in [2.05, 4.69) is 5.10 Å². The van der Waals surface area contributed by atoms with Gasteiger partial charge in [0.05, 0.1) is 11.3 Å². The molecule has 17 heavy (non-hydrogen) atoms. The first kappa shape index (κ1) is 12.4. The lowest BCUT2D eigenvalue weighted by Gasteiger charge is -2.21. The summed E-state index contributed by atoms with van der Waals surface area (Å²) in [5, 5.41) is 4.29. The third kappa shape index (κ3) is 2.32. The average molecular weight is 256 g/mol. The maximum Gasteiger partial charge on any atom is 0.257 e. The van der Waals surface area contributed by atoms with E-state index in [0.29, 0.717) is 18.5 Å². The Bertz CT molecular complexity index is 437. The number of hydrogen-bond acceptors (Lipinski definition) is 2. The summed E-state index contributed by atoms with van der Waals surface area (Å²) < 4.78 is 1.76. The molecule has 1 aromatic rings. The van der Waals surface area contributed by atoms with Crippen molar-refractivity contribution in [3.05, 3.63) is 17.0 Å². The molecule has 0 saturated heterocycles. The number of rotatable bonds is 4. The van der Waals surface area contributed by atoms with Crippen LogP contribution < -0.4 is 0 Å². The zero-order valence-corrected chi connectivity index (χ0v) is 11.3. The maximum atomic E-state index is 12.5. The molecule has 0 unspecified atom stereocenters. The van der Waals surface area contributed by atoms with Gasteiger partial charge < -0.3 is 4.90 Å². The number of aromatic nitrogens is 2. The molecule has 1 aromatic heterocycles. The van der Waals surface area contributed by atoms with Gasteiger partial charge in [-0.1, -0.05) is 0 Å². The van der Waals surface area contributed by atoms with Gasteiger partial charge in [-0.05, 0) is 26.7 Å². The zero-order valence-electron chi connectivity index (χ0n) is 10.5. The minimum Gasteiger partial charge on any atom is -0.334 e. The molecule has 0 N–H and O–H groups in total. The van der Waals surface area contributed by atoms with Crippen LogP contribution in [0.1, 0.15) is 34.6 Å². The Balaban J connectivity index is 2.28. The second-order valence-corrected chi connectivity index (χ2v) is 4.97. The van der Waals surface area contributed by atoms with Crippen molar-refractivity contribution in [2.45, 2.75) is 32.7 Å². The van der Waals surface area contributed by atoms with Gasteiger partial charge in [-0.3, -0.25) is 9.48 Å². The van der Waals surface area contributed by atoms with Crippen molar-refractivity contribution in [2.24, 2.45) is 7.05 Å². The van der Waals surface area contributed by atoms with Gasteiger partial charge in [0.2, 0.25) is 0 Å². The number of amides is 1. The molecule has 0 radical (unpaired) electrons. The van der Waals surface area contributed by atoms with E-state index in [9.17, 15) is 4.79 Å². The second-order valence-electron chi connectivity index (χ2n) is 4.59. The van der Waals surface area contributed by atoms with Gasteiger partial charge in [0.15, 0.2) is 0 Å². The van der Waals surface area contributed by atoms with Crippen LogP contribution in [-0.4, -0.2) is 39.1 Å². The largest absolute Gasteiger partial charge is 0.334 e. The predicted octanol–water partition coefficient (Wildman–Crippen LogP) is 1.88. The molecule has 0 aromatic carbocycles. The lowest BCUT2D eigenvalue weighted by molar-refractivity contribution is 0.0752. The lowest BCUT2D eigenvalue weighted by Crippen LogP contribution is -2.35. The molecule has 5 heteroatoms. The molecule has 1 saturated carbocycles. The summed E-state index contributed by atoms with van der Waals surface area (Å²) in [5.41, 5.74) is 2.47. The summed E-state index contributed by atoms with van der Waals surface area (Å²) >= 11 is 5.77. The van der Waals surface area contributed by atoms with Gasteiger partial charge in [-0.2, -0.15) is 5.10 Å². The van der Waals surface area contributed by atoms with Gasteiger partial charge in [0.25, 0.3) is 5.91 Å². The number of alkyl halides is 1. The highest BCUT2D eigenvalue weighted by atomic mass is 35.5. The smallest absolute Gasteiger partial charge is 0.257 e. The average Bonchev–Trinajstić information content (AvgIpc) is 3.05. The molecule has 0 spiro atoms. The zero-order chi connectivity index (χ0) is 12.6. The Labute approximate surface area is 107 Å². The van der Waals surface area contributed by atoms with E-state index in [1.54, 1.807) is 4.68 Å². The van der Waals surface area contributed by atoms with Gasteiger partial charge in [0.1, 0.15) is 0 Å². The van der Waals surface area contributed by atoms with Crippen molar-refractivity contribution in [3.63, 3.8) is 0 Å². The fourth-order valence-corrected chi connectivity index (χ4v) is 2.34. The summed E-state index contributed by atoms with van der Waals surface area (Å²) in [5.74, 6) is 0.567. The van der Waals surface area contributed by atoms with E-state index in [4.69, 9.17) is 11.6 Å². The Morgan fingerprint density at radius 3 is 2.59 bits per heavy atom. The minimum absolute atomic E-state index is 0.0799. The van der Waals surface area contributed by atoms with Gasteiger partial charge >= 0.3 is 0 Å². The number of aryl methyl sites for hydroxylation is 2. The Hall–Kier alpha value is -1.03. The van der Waals surface area contributed by atoms with Crippen molar-refractivity contribution < 1.29 is 4.79 Å². The van der Waals surface area contributed by atoms with Crippen molar-refractivity contribution in [3.8, 4) is 0 Å². The highest BCUT2D eigenvalue weighted by Gasteiger charge is 2.34. The number of hydrogen-bond donors (Lipinski definition) is 0. The summed E-state index contributed by atoms with van der Waals surface area (Å²) in [6.07, 6.45) is 2.20. The standard InChI is InChI=1S/C12H18ClN3O/c1-8-11(9(2)15(3)14-8)12(17)16(7-6-13)10-4-5-10/h10H,4-7H2,1-3H3. The third-order valence-electron chi connectivity index (χ3n) is 3.30. The predicted molar refractivity (Wildman–Crippen MR) is 67.5 cm³/mol. The molecule has 1 fully saturated rings. The molecule has 0 bridgehead atoms. The Morgan fingerprint density at radius 2 is 2.18 bits per heavy atom. The minimum atomic E-state index is 0.0799. The summed E-state index contributed by atoms with van der Waals surface area (Å²) in [6.45, 7) is 4.43. The molecular weight excluding hydrogens is 238 g/mol. The lowest BCUT2D eigenvalue weighted by atomic mass is 10.1. The van der Waals surface area contributed by atoms with Crippen LogP contribution in [0.5, 0.6) is 0 Å². The molecule has 1 heterocycles. The number of nitrogens with zero attached hydrogens (tertiary/aromatic N) is 3. The molecule has 94 valence electrons. The van der Waals surface area contributed by atoms with Crippen LogP contribution in [0.15, 0.2) is 0 Å². The molecular formula is C12H18ClN3O. The van der Waals surface area contributed by atoms with E-state index in [-0.39, 0.29) is 5.91 Å². The number of carbonyl (C=O) groups excluding carboxylic acids is 1. The van der Waals surface area contributed by atoms with Crippen LogP contribution in [0, 0.1) is 13.8 Å². The third-order valence-corrected chi connectivity index (χ3v) is 3.47. The summed E-state index contributed by atoms with van der Waals surface area (Å²) in [4.78, 5) is 14.4. The fraction of sp³-hybridized carbons (Fsp3) is 0.667. The monoisotopic (exact) mass is 255 g/mol. The molecule has 0 aliphatic heterocycles. The number of carbonyl (C=O) groups is 1. The molecule has 2 rings (SSSR count). The first-order valence-electron chi connectivity index (χ1n) is 5.93. The van der Waals surface area contributed by atoms with Gasteiger partial charge in [0, 0.05) is 31.2 Å². The van der Waals surface area contributed by atoms with E-state index in [1.165, 1.54) is 0 Å². The SMILES string of the molecule is Cc1nn(C)c(C)c1C(=O)N(CCCl)C1CC1. The Morgan fingerprint density at radius 1 is 1.53 bits per heavy atom. The van der Waals surface area contributed by atoms with Crippen molar-refractivity contribution >= 4 is 17.5 Å². The van der Waals surface area contributed by atoms with Crippen LogP contribution in [0.4, 0.5) is 0 Å². The molecule has 4 nitrogen and oxygen atoms in total. The van der Waals surface area contributed by atoms with Crippen LogP contribution in [0.25, 0.3) is 0 Å². The normalized spacial score (nSPS) is 15.1. The highest BCUT2D eigenvalue weighted by molar-refractivity contribution is 6.18. The van der Waals surface area contributed by atoms with E-state index < -0.39 is 0 Å². The molecule has 1 amide bonds. The fourth-order valence-electron chi connectivity index (χ4n) is 2.15. The quantitative estimate of drug-likeness (QED) is 0.771. The van der Waals surface area contributed by atoms with Crippen molar-refractivity contribution in [1.29, 1.82) is 0 Å². The molecule has 1 aliphatic carbocycles. The van der Waals surface area contributed by atoms with Crippen molar-refractivity contribution in [1.82, 2.24) is 14.7 Å². The van der Waals surface area contributed by atoms with Crippen LogP contribution >= 0.6 is 11.6 Å². The van der Waals surface area contributed by atoms with Crippen molar-refractivity contribution in [2.75, 3.05) is 12.4 Å². The van der Waals surface area contributed by atoms with E-state index in [0.717, 1.165) is 29.8 Å². The van der Waals surface area contributed by atoms with Gasteiger partial charge in [-0.15, -0.1) is 11.6 Å². The summed E-state index contributed by atoms with van der Waals surface area (Å²) in [6, 6.07) is 0.389. The van der Waals surface area contributed by atoms with E-state index in [1.807, 2.05) is 25.8 Å². The summed E-state index contributed by atoms with van der Waals surface area (Å²) in [7, 11) is 1.86. The topological polar surface area (TPSA) is 38.1 Å². The molecule has 1 aliphatic rings. The second kappa shape index (κ2) is 4.69. The highest BCUT2D eigenvalue weighted by Crippen LogP contribution is 2.29. The maximum absolute atomic E-state index is 12.5. The Kier molecular flexibility index (Phi) is 3.43. The van der Waals surface area contributed by atoms with Crippen LogP contribution in [0.2, 0.25) is 0 Å². The number of halogens is 1. The van der Waals surface area contributed by atoms with Crippen LogP contribution in [0.3, 0.4) is 0 Å². The molecule has 0 atom stereocenters. The first-order valence-corrected chi connectivity index (χ1v) is 6.46.